The minimum Gasteiger partial charge on any atom is -0.494 e. The minimum absolute atomic E-state index is 0.295. The van der Waals surface area contributed by atoms with Gasteiger partial charge in [0.15, 0.2) is 0 Å². The van der Waals surface area contributed by atoms with E-state index in [9.17, 15) is 9.59 Å². The second kappa shape index (κ2) is 8.58. The molecule has 2 heterocycles. The molecule has 0 radical (unpaired) electrons. The first-order valence-corrected chi connectivity index (χ1v) is 11.4. The predicted octanol–water partition coefficient (Wildman–Crippen LogP) is 5.13. The molecule has 0 bridgehead atoms. The molecule has 5 rings (SSSR count). The molecule has 166 valence electrons. The Hall–Kier alpha value is -3.86. The van der Waals surface area contributed by atoms with Crippen LogP contribution in [0.5, 0.6) is 5.75 Å². The summed E-state index contributed by atoms with van der Waals surface area (Å²) >= 11 is 0. The van der Waals surface area contributed by atoms with Crippen LogP contribution in [0.15, 0.2) is 78.5 Å². The van der Waals surface area contributed by atoms with Crippen LogP contribution in [0.25, 0.3) is 5.57 Å². The summed E-state index contributed by atoms with van der Waals surface area (Å²) in [5.41, 5.74) is 5.49. The zero-order valence-electron chi connectivity index (χ0n) is 18.9. The third kappa shape index (κ3) is 3.69. The van der Waals surface area contributed by atoms with Gasteiger partial charge in [0.05, 0.1) is 17.9 Å². The van der Waals surface area contributed by atoms with Crippen LogP contribution in [0.2, 0.25) is 0 Å². The number of rotatable bonds is 5. The Morgan fingerprint density at radius 3 is 2.33 bits per heavy atom. The van der Waals surface area contributed by atoms with E-state index >= 15 is 0 Å². The molecule has 2 aliphatic heterocycles. The summed E-state index contributed by atoms with van der Waals surface area (Å²) in [5.74, 6) is 0.111. The van der Waals surface area contributed by atoms with Gasteiger partial charge in [-0.05, 0) is 68.1 Å². The standard InChI is InChI=1S/C28H26N2O3/c1-3-33-23-16-14-22(15-17-23)30-27(31)25(21-12-10-19(2)11-13-21)26(28(30)32)29-18-6-8-20-7-4-5-9-24(20)29/h4-5,7,9-17H,3,6,8,18H2,1-2H3. The molecular weight excluding hydrogens is 412 g/mol. The maximum absolute atomic E-state index is 13.9. The molecule has 2 amide bonds. The number of amides is 2. The molecule has 5 nitrogen and oxygen atoms in total. The minimum atomic E-state index is -0.300. The smallest absolute Gasteiger partial charge is 0.282 e. The van der Waals surface area contributed by atoms with Gasteiger partial charge < -0.3 is 9.64 Å². The van der Waals surface area contributed by atoms with Gasteiger partial charge in [0.2, 0.25) is 0 Å². The number of carbonyl (C=O) groups is 2. The highest BCUT2D eigenvalue weighted by molar-refractivity contribution is 6.46. The number of hydrogen-bond acceptors (Lipinski definition) is 4. The first kappa shape index (κ1) is 21.0. The molecule has 0 unspecified atom stereocenters. The average molecular weight is 439 g/mol. The summed E-state index contributed by atoms with van der Waals surface area (Å²) in [4.78, 5) is 30.9. The second-order valence-corrected chi connectivity index (χ2v) is 8.35. The summed E-state index contributed by atoms with van der Waals surface area (Å²) in [7, 11) is 0. The van der Waals surface area contributed by atoms with Crippen molar-refractivity contribution in [3.05, 3.63) is 95.2 Å². The Morgan fingerprint density at radius 2 is 1.61 bits per heavy atom. The van der Waals surface area contributed by atoms with Crippen LogP contribution in [0.4, 0.5) is 11.4 Å². The van der Waals surface area contributed by atoms with Gasteiger partial charge in [0.1, 0.15) is 11.4 Å². The highest BCUT2D eigenvalue weighted by atomic mass is 16.5. The van der Waals surface area contributed by atoms with E-state index in [4.69, 9.17) is 4.74 Å². The van der Waals surface area contributed by atoms with Crippen LogP contribution in [0.3, 0.4) is 0 Å². The van der Waals surface area contributed by atoms with Gasteiger partial charge in [0.25, 0.3) is 11.8 Å². The van der Waals surface area contributed by atoms with Crippen molar-refractivity contribution in [2.75, 3.05) is 23.0 Å². The molecule has 33 heavy (non-hydrogen) atoms. The van der Waals surface area contributed by atoms with E-state index in [1.165, 1.54) is 10.5 Å². The topological polar surface area (TPSA) is 49.9 Å². The summed E-state index contributed by atoms with van der Waals surface area (Å²) in [6.45, 7) is 5.17. The molecule has 0 saturated carbocycles. The van der Waals surface area contributed by atoms with Crippen LogP contribution in [0.1, 0.15) is 30.0 Å². The van der Waals surface area contributed by atoms with Crippen LogP contribution in [0, 0.1) is 6.92 Å². The van der Waals surface area contributed by atoms with Crippen molar-refractivity contribution < 1.29 is 14.3 Å². The Balaban J connectivity index is 1.63. The maximum Gasteiger partial charge on any atom is 0.282 e. The molecule has 0 aliphatic carbocycles. The van der Waals surface area contributed by atoms with Crippen LogP contribution >= 0.6 is 0 Å². The molecular formula is C28H26N2O3. The quantitative estimate of drug-likeness (QED) is 0.518. The van der Waals surface area contributed by atoms with Crippen molar-refractivity contribution >= 4 is 28.8 Å². The lowest BCUT2D eigenvalue weighted by Crippen LogP contribution is -2.37. The predicted molar refractivity (Wildman–Crippen MR) is 130 cm³/mol. The lowest BCUT2D eigenvalue weighted by atomic mass is 9.98. The van der Waals surface area contributed by atoms with Crippen LogP contribution in [-0.2, 0) is 16.0 Å². The number of benzene rings is 3. The molecule has 3 aromatic rings. The van der Waals surface area contributed by atoms with Crippen molar-refractivity contribution in [3.63, 3.8) is 0 Å². The van der Waals surface area contributed by atoms with Crippen molar-refractivity contribution in [2.45, 2.75) is 26.7 Å². The molecule has 0 N–H and O–H groups in total. The number of anilines is 2. The van der Waals surface area contributed by atoms with Gasteiger partial charge in [-0.1, -0.05) is 48.0 Å². The molecule has 0 saturated heterocycles. The van der Waals surface area contributed by atoms with E-state index in [2.05, 4.69) is 6.07 Å². The fraction of sp³-hybridized carbons (Fsp3) is 0.214. The summed E-state index contributed by atoms with van der Waals surface area (Å²) in [5, 5.41) is 0. The summed E-state index contributed by atoms with van der Waals surface area (Å²) in [6.07, 6.45) is 1.89. The molecule has 0 aromatic heterocycles. The third-order valence-corrected chi connectivity index (χ3v) is 6.19. The Labute approximate surface area is 193 Å². The fourth-order valence-corrected chi connectivity index (χ4v) is 4.61. The van der Waals surface area contributed by atoms with Crippen molar-refractivity contribution in [1.82, 2.24) is 0 Å². The van der Waals surface area contributed by atoms with E-state index in [0.29, 0.717) is 35.9 Å². The normalized spacial score (nSPS) is 15.8. The third-order valence-electron chi connectivity index (χ3n) is 6.19. The van der Waals surface area contributed by atoms with Crippen molar-refractivity contribution in [1.29, 1.82) is 0 Å². The average Bonchev–Trinajstić information content (AvgIpc) is 3.10. The molecule has 0 atom stereocenters. The monoisotopic (exact) mass is 438 g/mol. The fourth-order valence-electron chi connectivity index (χ4n) is 4.61. The van der Waals surface area contributed by atoms with Gasteiger partial charge in [0, 0.05) is 12.2 Å². The molecule has 3 aromatic carbocycles. The van der Waals surface area contributed by atoms with Crippen molar-refractivity contribution in [3.8, 4) is 5.75 Å². The number of nitrogens with zero attached hydrogens (tertiary/aromatic N) is 2. The molecule has 2 aliphatic rings. The number of ether oxygens (including phenoxy) is 1. The van der Waals surface area contributed by atoms with Gasteiger partial charge in [-0.15, -0.1) is 0 Å². The number of para-hydroxylation sites is 1. The van der Waals surface area contributed by atoms with E-state index in [1.807, 2.05) is 61.2 Å². The Morgan fingerprint density at radius 1 is 0.879 bits per heavy atom. The number of imide groups is 1. The zero-order chi connectivity index (χ0) is 22.9. The van der Waals surface area contributed by atoms with Gasteiger partial charge in [-0.3, -0.25) is 9.59 Å². The number of fused-ring (bicyclic) bond motifs is 1. The summed E-state index contributed by atoms with van der Waals surface area (Å²) in [6, 6.07) is 23.0. The Bertz CT molecular complexity index is 1240. The molecule has 0 fully saturated rings. The largest absolute Gasteiger partial charge is 0.494 e. The highest BCUT2D eigenvalue weighted by Crippen LogP contribution is 2.39. The second-order valence-electron chi connectivity index (χ2n) is 8.35. The zero-order valence-corrected chi connectivity index (χ0v) is 18.9. The highest BCUT2D eigenvalue weighted by Gasteiger charge is 2.43. The first-order valence-electron chi connectivity index (χ1n) is 11.4. The molecule has 0 spiro atoms. The van der Waals surface area contributed by atoms with E-state index in [0.717, 1.165) is 29.7 Å². The van der Waals surface area contributed by atoms with Gasteiger partial charge in [-0.2, -0.15) is 0 Å². The van der Waals surface area contributed by atoms with E-state index in [1.54, 1.807) is 24.3 Å². The van der Waals surface area contributed by atoms with Gasteiger partial charge >= 0.3 is 0 Å². The van der Waals surface area contributed by atoms with Gasteiger partial charge in [-0.25, -0.2) is 4.90 Å². The summed E-state index contributed by atoms with van der Waals surface area (Å²) < 4.78 is 5.53. The van der Waals surface area contributed by atoms with E-state index in [-0.39, 0.29) is 11.8 Å². The van der Waals surface area contributed by atoms with Crippen LogP contribution in [-0.4, -0.2) is 25.0 Å². The lowest BCUT2D eigenvalue weighted by Gasteiger charge is -2.32. The lowest BCUT2D eigenvalue weighted by molar-refractivity contribution is -0.120. The number of hydrogen-bond donors (Lipinski definition) is 0. The number of aryl methyl sites for hydroxylation is 2. The van der Waals surface area contributed by atoms with Crippen molar-refractivity contribution in [2.24, 2.45) is 0 Å². The first-order chi connectivity index (χ1) is 16.1. The number of carbonyl (C=O) groups excluding carboxylic acids is 2. The van der Waals surface area contributed by atoms with Crippen LogP contribution < -0.4 is 14.5 Å². The van der Waals surface area contributed by atoms with E-state index < -0.39 is 0 Å². The SMILES string of the molecule is CCOc1ccc(N2C(=O)C(c3ccc(C)cc3)=C(N3CCCc4ccccc43)C2=O)cc1. The maximum atomic E-state index is 13.9. The Kier molecular flexibility index (Phi) is 5.47. The molecule has 5 heteroatoms.